The third kappa shape index (κ3) is 3.75. The van der Waals surface area contributed by atoms with Crippen molar-refractivity contribution in [3.05, 3.63) is 29.8 Å². The fraction of sp³-hybridized carbons (Fsp3) is 0.500. The second-order valence-electron chi connectivity index (χ2n) is 6.39. The van der Waals surface area contributed by atoms with E-state index in [1.54, 1.807) is 24.3 Å². The van der Waals surface area contributed by atoms with Crippen molar-refractivity contribution in [1.82, 2.24) is 10.2 Å². The van der Waals surface area contributed by atoms with Crippen LogP contribution in [-0.2, 0) is 9.59 Å². The Balaban J connectivity index is 1.60. The fourth-order valence-electron chi connectivity index (χ4n) is 3.26. The van der Waals surface area contributed by atoms with E-state index in [0.29, 0.717) is 17.7 Å². The van der Waals surface area contributed by atoms with Crippen LogP contribution in [0.1, 0.15) is 48.9 Å². The second kappa shape index (κ2) is 7.47. The molecule has 6 nitrogen and oxygen atoms in total. The van der Waals surface area contributed by atoms with Gasteiger partial charge in [-0.25, -0.2) is 0 Å². The van der Waals surface area contributed by atoms with Crippen molar-refractivity contribution in [1.29, 1.82) is 0 Å². The van der Waals surface area contributed by atoms with E-state index < -0.39 is 6.04 Å². The molecule has 2 aliphatic heterocycles. The Hall–Kier alpha value is -2.37. The van der Waals surface area contributed by atoms with Crippen LogP contribution in [-0.4, -0.2) is 41.8 Å². The Bertz CT molecular complexity index is 636. The van der Waals surface area contributed by atoms with Crippen molar-refractivity contribution in [2.75, 3.05) is 18.4 Å². The molecule has 0 saturated carbocycles. The molecule has 0 spiro atoms. The maximum Gasteiger partial charge on any atom is 0.254 e. The molecule has 1 atom stereocenters. The number of para-hydroxylation sites is 1. The van der Waals surface area contributed by atoms with E-state index in [-0.39, 0.29) is 24.1 Å². The van der Waals surface area contributed by atoms with Crippen LogP contribution in [0, 0.1) is 0 Å². The number of rotatable bonds is 3. The minimum atomic E-state index is -0.680. The smallest absolute Gasteiger partial charge is 0.254 e. The first-order valence-electron chi connectivity index (χ1n) is 8.63. The van der Waals surface area contributed by atoms with Gasteiger partial charge in [-0.1, -0.05) is 25.0 Å². The highest BCUT2D eigenvalue weighted by Crippen LogP contribution is 2.19. The Morgan fingerprint density at radius 2 is 1.79 bits per heavy atom. The number of hydrogen-bond acceptors (Lipinski definition) is 3. The summed E-state index contributed by atoms with van der Waals surface area (Å²) in [4.78, 5) is 38.8. The van der Waals surface area contributed by atoms with Crippen LogP contribution >= 0.6 is 0 Å². The number of carbonyl (C=O) groups excluding carboxylic acids is 3. The molecule has 6 heteroatoms. The minimum Gasteiger partial charge on any atom is -0.343 e. The molecule has 3 amide bonds. The number of nitrogens with zero attached hydrogens (tertiary/aromatic N) is 1. The number of benzene rings is 1. The first kappa shape index (κ1) is 16.5. The maximum atomic E-state index is 12.4. The summed E-state index contributed by atoms with van der Waals surface area (Å²) in [5.74, 6) is -0.478. The molecular formula is C18H23N3O3. The van der Waals surface area contributed by atoms with Gasteiger partial charge >= 0.3 is 0 Å². The van der Waals surface area contributed by atoms with Gasteiger partial charge in [0.2, 0.25) is 11.8 Å². The van der Waals surface area contributed by atoms with Gasteiger partial charge in [-0.15, -0.1) is 0 Å². The molecular weight excluding hydrogens is 306 g/mol. The lowest BCUT2D eigenvalue weighted by molar-refractivity contribution is -0.131. The number of anilines is 1. The number of carbonyl (C=O) groups is 3. The Morgan fingerprint density at radius 3 is 2.54 bits per heavy atom. The van der Waals surface area contributed by atoms with Crippen LogP contribution in [0.4, 0.5) is 5.69 Å². The number of amides is 3. The minimum absolute atomic E-state index is 0.0701. The van der Waals surface area contributed by atoms with Gasteiger partial charge in [0.25, 0.3) is 5.91 Å². The number of likely N-dealkylation sites (tertiary alicyclic amines) is 1. The highest BCUT2D eigenvalue weighted by molar-refractivity contribution is 6.09. The number of nitrogens with one attached hydrogen (secondary N) is 2. The molecule has 1 aromatic carbocycles. The van der Waals surface area contributed by atoms with E-state index in [0.717, 1.165) is 25.9 Å². The summed E-state index contributed by atoms with van der Waals surface area (Å²) in [7, 11) is 0. The summed E-state index contributed by atoms with van der Waals surface area (Å²) in [6.07, 6.45) is 5.02. The molecule has 2 N–H and O–H groups in total. The molecule has 0 unspecified atom stereocenters. The van der Waals surface area contributed by atoms with Gasteiger partial charge in [0.05, 0.1) is 11.3 Å². The largest absolute Gasteiger partial charge is 0.343 e. The molecule has 2 aliphatic rings. The summed E-state index contributed by atoms with van der Waals surface area (Å²) in [6.45, 7) is 1.60. The Morgan fingerprint density at radius 1 is 1.08 bits per heavy atom. The monoisotopic (exact) mass is 329 g/mol. The predicted octanol–water partition coefficient (Wildman–Crippen LogP) is 1.92. The van der Waals surface area contributed by atoms with Crippen LogP contribution in [0.25, 0.3) is 0 Å². The third-order valence-corrected chi connectivity index (χ3v) is 4.66. The highest BCUT2D eigenvalue weighted by atomic mass is 16.2. The van der Waals surface area contributed by atoms with Crippen molar-refractivity contribution < 1.29 is 14.4 Å². The zero-order chi connectivity index (χ0) is 16.9. The van der Waals surface area contributed by atoms with Gasteiger partial charge < -0.3 is 15.5 Å². The lowest BCUT2D eigenvalue weighted by Crippen LogP contribution is -2.42. The summed E-state index contributed by atoms with van der Waals surface area (Å²) in [5, 5.41) is 5.50. The normalized spacial score (nSPS) is 21.2. The SMILES string of the molecule is O=C1N[C@H](CCC(=O)N2CCCCCC2)C(=O)Nc2ccccc21. The lowest BCUT2D eigenvalue weighted by atomic mass is 10.1. The summed E-state index contributed by atoms with van der Waals surface area (Å²) < 4.78 is 0. The molecule has 128 valence electrons. The third-order valence-electron chi connectivity index (χ3n) is 4.66. The van der Waals surface area contributed by atoms with E-state index in [1.807, 2.05) is 4.90 Å². The van der Waals surface area contributed by atoms with Crippen LogP contribution in [0.15, 0.2) is 24.3 Å². The standard InChI is InChI=1S/C18H23N3O3/c22-16(21-11-5-1-2-6-12-21)10-9-15-18(24)19-14-8-4-3-7-13(14)17(23)20-15/h3-4,7-8,15H,1-2,5-6,9-12H2,(H,19,24)(H,20,23)/t15-/m1/s1. The van der Waals surface area contributed by atoms with Crippen molar-refractivity contribution >= 4 is 23.4 Å². The average molecular weight is 329 g/mol. The average Bonchev–Trinajstić information content (AvgIpc) is 2.92. The maximum absolute atomic E-state index is 12.4. The first-order valence-corrected chi connectivity index (χ1v) is 8.63. The van der Waals surface area contributed by atoms with Gasteiger partial charge in [-0.2, -0.15) is 0 Å². The molecule has 0 radical (unpaired) electrons. The molecule has 1 fully saturated rings. The molecule has 1 aromatic rings. The Labute approximate surface area is 141 Å². The molecule has 2 heterocycles. The van der Waals surface area contributed by atoms with E-state index in [9.17, 15) is 14.4 Å². The van der Waals surface area contributed by atoms with Crippen LogP contribution in [0.3, 0.4) is 0 Å². The highest BCUT2D eigenvalue weighted by Gasteiger charge is 2.28. The summed E-state index contributed by atoms with van der Waals surface area (Å²) >= 11 is 0. The van der Waals surface area contributed by atoms with E-state index in [1.165, 1.54) is 12.8 Å². The van der Waals surface area contributed by atoms with Gasteiger partial charge in [0, 0.05) is 19.5 Å². The van der Waals surface area contributed by atoms with Gasteiger partial charge in [0.1, 0.15) is 6.04 Å². The molecule has 0 aliphatic carbocycles. The fourth-order valence-corrected chi connectivity index (χ4v) is 3.26. The molecule has 0 aromatic heterocycles. The van der Waals surface area contributed by atoms with Crippen molar-refractivity contribution in [2.45, 2.75) is 44.6 Å². The van der Waals surface area contributed by atoms with Crippen molar-refractivity contribution in [3.63, 3.8) is 0 Å². The van der Waals surface area contributed by atoms with Gasteiger partial charge in [0.15, 0.2) is 0 Å². The van der Waals surface area contributed by atoms with Crippen LogP contribution in [0.5, 0.6) is 0 Å². The van der Waals surface area contributed by atoms with Crippen molar-refractivity contribution in [3.8, 4) is 0 Å². The molecule has 0 bridgehead atoms. The van der Waals surface area contributed by atoms with Crippen LogP contribution < -0.4 is 10.6 Å². The second-order valence-corrected chi connectivity index (χ2v) is 6.39. The number of hydrogen-bond donors (Lipinski definition) is 2. The zero-order valence-electron chi connectivity index (χ0n) is 13.7. The topological polar surface area (TPSA) is 78.5 Å². The van der Waals surface area contributed by atoms with Gasteiger partial charge in [-0.3, -0.25) is 14.4 Å². The summed E-state index contributed by atoms with van der Waals surface area (Å²) in [6, 6.07) is 6.23. The summed E-state index contributed by atoms with van der Waals surface area (Å²) in [5.41, 5.74) is 0.966. The Kier molecular flexibility index (Phi) is 5.13. The quantitative estimate of drug-likeness (QED) is 0.889. The van der Waals surface area contributed by atoms with Crippen molar-refractivity contribution in [2.24, 2.45) is 0 Å². The number of fused-ring (bicyclic) bond motifs is 1. The molecule has 3 rings (SSSR count). The van der Waals surface area contributed by atoms with E-state index in [4.69, 9.17) is 0 Å². The lowest BCUT2D eigenvalue weighted by Gasteiger charge is -2.21. The predicted molar refractivity (Wildman–Crippen MR) is 90.6 cm³/mol. The first-order chi connectivity index (χ1) is 11.6. The van der Waals surface area contributed by atoms with E-state index >= 15 is 0 Å². The van der Waals surface area contributed by atoms with Crippen LogP contribution in [0.2, 0.25) is 0 Å². The zero-order valence-corrected chi connectivity index (χ0v) is 13.7. The van der Waals surface area contributed by atoms with E-state index in [2.05, 4.69) is 10.6 Å². The molecule has 1 saturated heterocycles. The van der Waals surface area contributed by atoms with Gasteiger partial charge in [-0.05, 0) is 31.4 Å². The molecule has 24 heavy (non-hydrogen) atoms.